The van der Waals surface area contributed by atoms with Gasteiger partial charge in [0.05, 0.1) is 0 Å². The summed E-state index contributed by atoms with van der Waals surface area (Å²) in [5, 5.41) is 3.57. The molecule has 0 amide bonds. The molecule has 1 heterocycles. The van der Waals surface area contributed by atoms with Crippen molar-refractivity contribution in [2.24, 2.45) is 0 Å². The molecule has 1 aromatic carbocycles. The van der Waals surface area contributed by atoms with Crippen LogP contribution in [0.25, 0.3) is 11.5 Å². The van der Waals surface area contributed by atoms with Gasteiger partial charge in [0.15, 0.2) is 6.33 Å². The summed E-state index contributed by atoms with van der Waals surface area (Å²) in [5.41, 5.74) is 2.28. The van der Waals surface area contributed by atoms with Crippen LogP contribution in [0, 0.1) is 0 Å². The Hall–Kier alpha value is -1.64. The van der Waals surface area contributed by atoms with Crippen molar-refractivity contribution in [2.75, 3.05) is 0 Å². The SMILES string of the molecule is CC(C)c1ccc(-c2ncno2)cc1. The predicted molar refractivity (Wildman–Crippen MR) is 53.8 cm³/mol. The molecule has 0 fully saturated rings. The zero-order chi connectivity index (χ0) is 9.97. The van der Waals surface area contributed by atoms with Crippen LogP contribution in [0.15, 0.2) is 35.1 Å². The summed E-state index contributed by atoms with van der Waals surface area (Å²) in [4.78, 5) is 3.98. The molecule has 72 valence electrons. The number of aromatic nitrogens is 2. The third-order valence-corrected chi connectivity index (χ3v) is 2.19. The van der Waals surface area contributed by atoms with E-state index in [9.17, 15) is 0 Å². The van der Waals surface area contributed by atoms with Crippen molar-refractivity contribution in [3.8, 4) is 11.5 Å². The van der Waals surface area contributed by atoms with Crippen LogP contribution < -0.4 is 0 Å². The maximum absolute atomic E-state index is 4.96. The van der Waals surface area contributed by atoms with Gasteiger partial charge in [-0.3, -0.25) is 0 Å². The van der Waals surface area contributed by atoms with Crippen molar-refractivity contribution in [1.82, 2.24) is 10.1 Å². The highest BCUT2D eigenvalue weighted by atomic mass is 16.5. The Balaban J connectivity index is 2.31. The average Bonchev–Trinajstić information content (AvgIpc) is 2.71. The predicted octanol–water partition coefficient (Wildman–Crippen LogP) is 2.86. The van der Waals surface area contributed by atoms with Crippen LogP contribution in [0.2, 0.25) is 0 Å². The van der Waals surface area contributed by atoms with Crippen molar-refractivity contribution in [3.05, 3.63) is 36.2 Å². The van der Waals surface area contributed by atoms with E-state index < -0.39 is 0 Å². The molecule has 0 unspecified atom stereocenters. The molecule has 0 aliphatic heterocycles. The van der Waals surface area contributed by atoms with Gasteiger partial charge >= 0.3 is 0 Å². The van der Waals surface area contributed by atoms with Crippen LogP contribution in [0.5, 0.6) is 0 Å². The first-order valence-electron chi connectivity index (χ1n) is 4.64. The second-order valence-corrected chi connectivity index (χ2v) is 3.52. The molecular formula is C11H12N2O. The fourth-order valence-corrected chi connectivity index (χ4v) is 1.31. The largest absolute Gasteiger partial charge is 0.334 e. The molecule has 3 nitrogen and oxygen atoms in total. The second kappa shape index (κ2) is 3.62. The highest BCUT2D eigenvalue weighted by molar-refractivity contribution is 5.53. The van der Waals surface area contributed by atoms with Crippen molar-refractivity contribution >= 4 is 0 Å². The Morgan fingerprint density at radius 3 is 2.36 bits per heavy atom. The number of hydrogen-bond acceptors (Lipinski definition) is 3. The van der Waals surface area contributed by atoms with Gasteiger partial charge in [-0.15, -0.1) is 0 Å². The first-order chi connectivity index (χ1) is 6.77. The van der Waals surface area contributed by atoms with Gasteiger partial charge < -0.3 is 4.52 Å². The minimum atomic E-state index is 0.548. The summed E-state index contributed by atoms with van der Waals surface area (Å²) in [7, 11) is 0. The molecule has 0 radical (unpaired) electrons. The summed E-state index contributed by atoms with van der Waals surface area (Å²) in [6.45, 7) is 4.34. The standard InChI is InChI=1S/C11H12N2O/c1-8(2)9-3-5-10(6-4-9)11-12-7-13-14-11/h3-8H,1-2H3. The molecule has 0 bridgehead atoms. The normalized spacial score (nSPS) is 10.8. The molecule has 0 aliphatic carbocycles. The van der Waals surface area contributed by atoms with Gasteiger partial charge in [-0.05, 0) is 23.6 Å². The molecule has 2 rings (SSSR count). The van der Waals surface area contributed by atoms with E-state index in [1.54, 1.807) is 0 Å². The van der Waals surface area contributed by atoms with Crippen LogP contribution in [0.3, 0.4) is 0 Å². The van der Waals surface area contributed by atoms with Crippen molar-refractivity contribution < 1.29 is 4.52 Å². The van der Waals surface area contributed by atoms with Crippen LogP contribution in [0.4, 0.5) is 0 Å². The molecule has 0 N–H and O–H groups in total. The summed E-state index contributed by atoms with van der Waals surface area (Å²) < 4.78 is 4.96. The van der Waals surface area contributed by atoms with Crippen LogP contribution >= 0.6 is 0 Å². The Morgan fingerprint density at radius 1 is 1.14 bits per heavy atom. The molecule has 0 saturated heterocycles. The Morgan fingerprint density at radius 2 is 1.86 bits per heavy atom. The topological polar surface area (TPSA) is 38.9 Å². The minimum absolute atomic E-state index is 0.548. The molecule has 0 atom stereocenters. The first kappa shape index (κ1) is 8.94. The zero-order valence-electron chi connectivity index (χ0n) is 8.27. The molecule has 2 aromatic rings. The Labute approximate surface area is 82.8 Å². The lowest BCUT2D eigenvalue weighted by Gasteiger charge is -2.04. The lowest BCUT2D eigenvalue weighted by atomic mass is 10.0. The third-order valence-electron chi connectivity index (χ3n) is 2.19. The highest BCUT2D eigenvalue weighted by Gasteiger charge is 2.04. The van der Waals surface area contributed by atoms with Gasteiger partial charge in [0.25, 0.3) is 5.89 Å². The van der Waals surface area contributed by atoms with Gasteiger partial charge in [-0.2, -0.15) is 4.98 Å². The average molecular weight is 188 g/mol. The van der Waals surface area contributed by atoms with E-state index in [4.69, 9.17) is 4.52 Å². The molecule has 0 saturated carbocycles. The van der Waals surface area contributed by atoms with Crippen LogP contribution in [-0.2, 0) is 0 Å². The highest BCUT2D eigenvalue weighted by Crippen LogP contribution is 2.20. The third kappa shape index (κ3) is 1.66. The monoisotopic (exact) mass is 188 g/mol. The molecular weight excluding hydrogens is 176 g/mol. The van der Waals surface area contributed by atoms with Crippen molar-refractivity contribution in [3.63, 3.8) is 0 Å². The summed E-state index contributed by atoms with van der Waals surface area (Å²) in [5.74, 6) is 1.12. The Kier molecular flexibility index (Phi) is 2.31. The van der Waals surface area contributed by atoms with E-state index in [1.165, 1.54) is 11.9 Å². The summed E-state index contributed by atoms with van der Waals surface area (Å²) >= 11 is 0. The maximum atomic E-state index is 4.96. The van der Waals surface area contributed by atoms with Gasteiger partial charge in [-0.25, -0.2) is 0 Å². The van der Waals surface area contributed by atoms with Crippen molar-refractivity contribution in [1.29, 1.82) is 0 Å². The van der Waals surface area contributed by atoms with E-state index in [-0.39, 0.29) is 0 Å². The van der Waals surface area contributed by atoms with Gasteiger partial charge in [0.2, 0.25) is 0 Å². The fourth-order valence-electron chi connectivity index (χ4n) is 1.31. The van der Waals surface area contributed by atoms with E-state index >= 15 is 0 Å². The van der Waals surface area contributed by atoms with Crippen LogP contribution in [0.1, 0.15) is 25.3 Å². The van der Waals surface area contributed by atoms with E-state index in [2.05, 4.69) is 36.1 Å². The Bertz CT molecular complexity index is 390. The minimum Gasteiger partial charge on any atom is -0.334 e. The van der Waals surface area contributed by atoms with Crippen molar-refractivity contribution in [2.45, 2.75) is 19.8 Å². The lowest BCUT2D eigenvalue weighted by molar-refractivity contribution is 0.430. The fraction of sp³-hybridized carbons (Fsp3) is 0.273. The first-order valence-corrected chi connectivity index (χ1v) is 4.64. The maximum Gasteiger partial charge on any atom is 0.257 e. The zero-order valence-corrected chi connectivity index (χ0v) is 8.27. The number of hydrogen-bond donors (Lipinski definition) is 0. The molecule has 3 heteroatoms. The summed E-state index contributed by atoms with van der Waals surface area (Å²) in [6.07, 6.45) is 1.41. The van der Waals surface area contributed by atoms with Gasteiger partial charge in [0, 0.05) is 5.56 Å². The molecule has 1 aromatic heterocycles. The number of rotatable bonds is 2. The molecule has 14 heavy (non-hydrogen) atoms. The van der Waals surface area contributed by atoms with E-state index in [0.717, 1.165) is 5.56 Å². The number of nitrogens with zero attached hydrogens (tertiary/aromatic N) is 2. The lowest BCUT2D eigenvalue weighted by Crippen LogP contribution is -1.86. The van der Waals surface area contributed by atoms with E-state index in [1.807, 2.05) is 12.1 Å². The van der Waals surface area contributed by atoms with Crippen LogP contribution in [-0.4, -0.2) is 10.1 Å². The van der Waals surface area contributed by atoms with Gasteiger partial charge in [-0.1, -0.05) is 31.1 Å². The van der Waals surface area contributed by atoms with Gasteiger partial charge in [0.1, 0.15) is 0 Å². The molecule has 0 aliphatic rings. The number of benzene rings is 1. The summed E-state index contributed by atoms with van der Waals surface area (Å²) in [6, 6.07) is 8.18. The second-order valence-electron chi connectivity index (χ2n) is 3.52. The smallest absolute Gasteiger partial charge is 0.257 e. The van der Waals surface area contributed by atoms with E-state index in [0.29, 0.717) is 11.8 Å². The quantitative estimate of drug-likeness (QED) is 0.727. The molecule has 0 spiro atoms.